The molecule has 2 amide bonds. The number of nitrogens with zero attached hydrogens (tertiary/aromatic N) is 4. The van der Waals surface area contributed by atoms with Crippen molar-refractivity contribution in [3.63, 3.8) is 0 Å². The first-order valence-corrected chi connectivity index (χ1v) is 11.5. The third-order valence-electron chi connectivity index (χ3n) is 5.76. The number of aliphatic hydroxyl groups is 1. The summed E-state index contributed by atoms with van der Waals surface area (Å²) in [6.45, 7) is 5.17. The highest BCUT2D eigenvalue weighted by Crippen LogP contribution is 2.27. The number of aromatic nitrogens is 3. The average Bonchev–Trinajstić information content (AvgIpc) is 3.23. The van der Waals surface area contributed by atoms with Gasteiger partial charge in [-0.05, 0) is 69.0 Å². The predicted octanol–water partition coefficient (Wildman–Crippen LogP) is 2.84. The van der Waals surface area contributed by atoms with Gasteiger partial charge in [-0.15, -0.1) is 0 Å². The van der Waals surface area contributed by atoms with Gasteiger partial charge < -0.3 is 15.3 Å². The average molecular weight is 472 g/mol. The van der Waals surface area contributed by atoms with Gasteiger partial charge >= 0.3 is 6.03 Å². The van der Waals surface area contributed by atoms with Gasteiger partial charge in [0, 0.05) is 42.3 Å². The quantitative estimate of drug-likeness (QED) is 0.572. The van der Waals surface area contributed by atoms with Crippen LogP contribution in [0.4, 0.5) is 10.5 Å². The summed E-state index contributed by atoms with van der Waals surface area (Å²) in [6, 6.07) is 10.3. The summed E-state index contributed by atoms with van der Waals surface area (Å²) in [5.74, 6) is 5.54. The molecule has 8 nitrogen and oxygen atoms in total. The van der Waals surface area contributed by atoms with Crippen molar-refractivity contribution in [2.75, 3.05) is 11.9 Å². The molecule has 0 spiro atoms. The van der Waals surface area contributed by atoms with Gasteiger partial charge in [0.25, 0.3) is 0 Å². The second-order valence-corrected chi connectivity index (χ2v) is 9.33. The van der Waals surface area contributed by atoms with Crippen molar-refractivity contribution in [1.29, 1.82) is 0 Å². The highest BCUT2D eigenvalue weighted by atomic mass is 16.3. The molecular weight excluding hydrogens is 442 g/mol. The number of rotatable bonds is 3. The molecule has 3 aromatic rings. The molecule has 2 aromatic heterocycles. The Bertz CT molecular complexity index is 1330. The maximum Gasteiger partial charge on any atom is 0.342 e. The fourth-order valence-corrected chi connectivity index (χ4v) is 3.98. The lowest BCUT2D eigenvalue weighted by Crippen LogP contribution is -2.48. The van der Waals surface area contributed by atoms with Crippen molar-refractivity contribution in [3.05, 3.63) is 76.9 Å². The number of fused-ring (bicyclic) bond motifs is 1. The predicted molar refractivity (Wildman–Crippen MR) is 133 cm³/mol. The highest BCUT2D eigenvalue weighted by molar-refractivity contribution is 6.00. The molecule has 0 fully saturated rings. The topological polar surface area (TPSA) is 100 Å². The van der Waals surface area contributed by atoms with Crippen LogP contribution in [-0.4, -0.2) is 50.5 Å². The summed E-state index contributed by atoms with van der Waals surface area (Å²) in [5, 5.41) is 16.9. The van der Waals surface area contributed by atoms with Crippen molar-refractivity contribution in [1.82, 2.24) is 20.1 Å². The number of aryl methyl sites for hydroxylation is 2. The molecule has 1 aliphatic heterocycles. The second kappa shape index (κ2) is 9.72. The Labute approximate surface area is 205 Å². The van der Waals surface area contributed by atoms with Gasteiger partial charge in [0.15, 0.2) is 0 Å². The van der Waals surface area contributed by atoms with E-state index < -0.39 is 17.7 Å². The number of nitrogens with one attached hydrogen (secondary N) is 1. The van der Waals surface area contributed by atoms with E-state index in [1.54, 1.807) is 38.2 Å². The Morgan fingerprint density at radius 3 is 2.83 bits per heavy atom. The SMILES string of the molecule is Cc1cccc(Cc2cnn(C(=O)N[C@@H]3CCc4ccc(C#CC(C)(C)O)cc4N(C)C3=O)c2)n1. The minimum absolute atomic E-state index is 0.207. The lowest BCUT2D eigenvalue weighted by molar-refractivity contribution is -0.120. The van der Waals surface area contributed by atoms with E-state index in [4.69, 9.17) is 0 Å². The normalized spacial score (nSPS) is 15.6. The Balaban J connectivity index is 1.45. The van der Waals surface area contributed by atoms with Crippen LogP contribution in [0.1, 0.15) is 48.3 Å². The third kappa shape index (κ3) is 5.94. The molecule has 0 aliphatic carbocycles. The Kier molecular flexibility index (Phi) is 6.72. The maximum absolute atomic E-state index is 13.2. The van der Waals surface area contributed by atoms with E-state index >= 15 is 0 Å². The Hall–Kier alpha value is -3.96. The maximum atomic E-state index is 13.2. The fourth-order valence-electron chi connectivity index (χ4n) is 3.98. The molecule has 2 N–H and O–H groups in total. The van der Waals surface area contributed by atoms with Crippen molar-refractivity contribution >= 4 is 17.6 Å². The standard InChI is InChI=1S/C27H29N5O3/c1-18-6-5-7-22(29-18)14-20-16-28-32(17-20)26(34)30-23-11-10-21-9-8-19(12-13-27(2,3)35)15-24(21)31(4)25(23)33/h5-9,15-17,23,35H,10-11,14H2,1-4H3,(H,30,34)/t23-/m1/s1. The van der Waals surface area contributed by atoms with Crippen molar-refractivity contribution in [3.8, 4) is 11.8 Å². The number of benzene rings is 1. The molecule has 0 bridgehead atoms. The minimum atomic E-state index is -1.10. The van der Waals surface area contributed by atoms with Gasteiger partial charge in [0.1, 0.15) is 11.6 Å². The van der Waals surface area contributed by atoms with E-state index in [0.717, 1.165) is 28.2 Å². The largest absolute Gasteiger partial charge is 0.378 e. The smallest absolute Gasteiger partial charge is 0.342 e. The van der Waals surface area contributed by atoms with Crippen LogP contribution in [0.3, 0.4) is 0 Å². The van der Waals surface area contributed by atoms with Crippen LogP contribution < -0.4 is 10.2 Å². The number of hydrogen-bond acceptors (Lipinski definition) is 5. The second-order valence-electron chi connectivity index (χ2n) is 9.33. The van der Waals surface area contributed by atoms with Gasteiger partial charge in [0.05, 0.1) is 6.20 Å². The van der Waals surface area contributed by atoms with E-state index in [1.807, 2.05) is 43.3 Å². The highest BCUT2D eigenvalue weighted by Gasteiger charge is 2.30. The van der Waals surface area contributed by atoms with E-state index in [-0.39, 0.29) is 5.91 Å². The molecule has 180 valence electrons. The van der Waals surface area contributed by atoms with E-state index in [0.29, 0.717) is 24.8 Å². The molecule has 1 aliphatic rings. The number of anilines is 1. The van der Waals surface area contributed by atoms with Crippen molar-refractivity contribution in [2.24, 2.45) is 0 Å². The zero-order valence-electron chi connectivity index (χ0n) is 20.4. The zero-order valence-corrected chi connectivity index (χ0v) is 20.4. The molecule has 3 heterocycles. The molecule has 0 saturated carbocycles. The summed E-state index contributed by atoms with van der Waals surface area (Å²) < 4.78 is 1.22. The van der Waals surface area contributed by atoms with Gasteiger partial charge in [-0.2, -0.15) is 9.78 Å². The van der Waals surface area contributed by atoms with Gasteiger partial charge in [-0.3, -0.25) is 9.78 Å². The summed E-state index contributed by atoms with van der Waals surface area (Å²) in [4.78, 5) is 32.1. The first-order chi connectivity index (χ1) is 16.6. The van der Waals surface area contributed by atoms with Gasteiger partial charge in [0.2, 0.25) is 5.91 Å². The Morgan fingerprint density at radius 2 is 2.09 bits per heavy atom. The molecule has 0 unspecified atom stereocenters. The molecule has 0 saturated heterocycles. The molecule has 35 heavy (non-hydrogen) atoms. The first-order valence-electron chi connectivity index (χ1n) is 11.5. The molecule has 4 rings (SSSR count). The van der Waals surface area contributed by atoms with Crippen LogP contribution in [0.15, 0.2) is 48.8 Å². The van der Waals surface area contributed by atoms with Crippen LogP contribution in [0.25, 0.3) is 0 Å². The van der Waals surface area contributed by atoms with E-state index in [9.17, 15) is 14.7 Å². The van der Waals surface area contributed by atoms with Crippen LogP contribution in [-0.2, 0) is 17.6 Å². The summed E-state index contributed by atoms with van der Waals surface area (Å²) >= 11 is 0. The minimum Gasteiger partial charge on any atom is -0.378 e. The number of likely N-dealkylation sites (N-methyl/N-ethyl adjacent to an activating group) is 1. The van der Waals surface area contributed by atoms with E-state index in [2.05, 4.69) is 27.2 Å². The lowest BCUT2D eigenvalue weighted by Gasteiger charge is -2.22. The van der Waals surface area contributed by atoms with Gasteiger partial charge in [-0.25, -0.2) is 4.79 Å². The monoisotopic (exact) mass is 471 g/mol. The fraction of sp³-hybridized carbons (Fsp3) is 0.333. The number of carbonyl (C=O) groups is 2. The third-order valence-corrected chi connectivity index (χ3v) is 5.76. The molecule has 1 aromatic carbocycles. The Morgan fingerprint density at radius 1 is 1.29 bits per heavy atom. The van der Waals surface area contributed by atoms with Crippen LogP contribution in [0.2, 0.25) is 0 Å². The summed E-state index contributed by atoms with van der Waals surface area (Å²) in [6.07, 6.45) is 4.95. The number of pyridine rings is 1. The molecule has 1 atom stereocenters. The van der Waals surface area contributed by atoms with Crippen LogP contribution >= 0.6 is 0 Å². The van der Waals surface area contributed by atoms with Crippen molar-refractivity contribution in [2.45, 2.75) is 51.7 Å². The number of carbonyl (C=O) groups excluding carboxylic acids is 2. The van der Waals surface area contributed by atoms with Crippen LogP contribution in [0.5, 0.6) is 0 Å². The van der Waals surface area contributed by atoms with Crippen LogP contribution in [0, 0.1) is 18.8 Å². The number of amides is 2. The first kappa shape index (κ1) is 24.2. The lowest BCUT2D eigenvalue weighted by atomic mass is 10.0. The van der Waals surface area contributed by atoms with E-state index in [1.165, 1.54) is 4.68 Å². The molecule has 0 radical (unpaired) electrons. The molecule has 8 heteroatoms. The van der Waals surface area contributed by atoms with Crippen molar-refractivity contribution < 1.29 is 14.7 Å². The summed E-state index contributed by atoms with van der Waals surface area (Å²) in [7, 11) is 1.69. The van der Waals surface area contributed by atoms with Gasteiger partial charge in [-0.1, -0.05) is 24.0 Å². The summed E-state index contributed by atoms with van der Waals surface area (Å²) in [5.41, 5.74) is 4.04. The zero-order chi connectivity index (χ0) is 25.2. The number of hydrogen-bond donors (Lipinski definition) is 2. The molecular formula is C27H29N5O3.